The smallest absolute Gasteiger partial charge is 0.410 e. The highest BCUT2D eigenvalue weighted by molar-refractivity contribution is 7.09. The maximum Gasteiger partial charge on any atom is 0.410 e. The van der Waals surface area contributed by atoms with Crippen LogP contribution >= 0.6 is 11.3 Å². The van der Waals surface area contributed by atoms with Crippen molar-refractivity contribution in [1.82, 2.24) is 9.88 Å². The van der Waals surface area contributed by atoms with E-state index in [-0.39, 0.29) is 6.09 Å². The van der Waals surface area contributed by atoms with Gasteiger partial charge in [-0.15, -0.1) is 11.3 Å². The predicted octanol–water partition coefficient (Wildman–Crippen LogP) is 3.70. The Hall–Kier alpha value is -1.14. The summed E-state index contributed by atoms with van der Waals surface area (Å²) in [6.07, 6.45) is 4.83. The zero-order chi connectivity index (χ0) is 16.0. The lowest BCUT2D eigenvalue weighted by Gasteiger charge is -2.34. The van der Waals surface area contributed by atoms with Crippen LogP contribution in [0, 0.1) is 5.92 Å². The second-order valence-corrected chi connectivity index (χ2v) is 7.71. The number of rotatable bonds is 5. The fourth-order valence-electron chi connectivity index (χ4n) is 2.53. The molecular weight excluding hydrogens is 300 g/mol. The van der Waals surface area contributed by atoms with E-state index in [0.29, 0.717) is 12.5 Å². The average Bonchev–Trinajstić information content (AvgIpc) is 2.95. The second kappa shape index (κ2) is 7.92. The number of piperidine rings is 1. The highest BCUT2D eigenvalue weighted by atomic mass is 32.1. The summed E-state index contributed by atoms with van der Waals surface area (Å²) in [6, 6.07) is 0. The fraction of sp³-hybridized carbons (Fsp3) is 0.750. The minimum Gasteiger partial charge on any atom is -0.444 e. The maximum absolute atomic E-state index is 12.1. The minimum atomic E-state index is -0.429. The van der Waals surface area contributed by atoms with E-state index in [0.717, 1.165) is 43.8 Å². The predicted molar refractivity (Wildman–Crippen MR) is 86.9 cm³/mol. The van der Waals surface area contributed by atoms with Gasteiger partial charge in [0.15, 0.2) is 0 Å². The minimum absolute atomic E-state index is 0.192. The van der Waals surface area contributed by atoms with Gasteiger partial charge in [0.05, 0.1) is 17.0 Å². The number of carbonyl (C=O) groups is 1. The van der Waals surface area contributed by atoms with Crippen LogP contribution in [0.25, 0.3) is 0 Å². The molecule has 2 rings (SSSR count). The van der Waals surface area contributed by atoms with Crippen LogP contribution in [0.3, 0.4) is 0 Å². The van der Waals surface area contributed by atoms with E-state index in [1.165, 1.54) is 0 Å². The Morgan fingerprint density at radius 1 is 1.50 bits per heavy atom. The number of hydrogen-bond acceptors (Lipinski definition) is 5. The van der Waals surface area contributed by atoms with Crippen molar-refractivity contribution in [2.75, 3.05) is 19.7 Å². The van der Waals surface area contributed by atoms with Crippen molar-refractivity contribution < 1.29 is 14.3 Å². The van der Waals surface area contributed by atoms with Crippen molar-refractivity contribution in [2.45, 2.75) is 52.2 Å². The van der Waals surface area contributed by atoms with Crippen LogP contribution in [-0.4, -0.2) is 41.3 Å². The van der Waals surface area contributed by atoms with Gasteiger partial charge in [0.1, 0.15) is 5.60 Å². The van der Waals surface area contributed by atoms with Crippen LogP contribution < -0.4 is 0 Å². The maximum atomic E-state index is 12.1. The Balaban J connectivity index is 1.68. The molecule has 1 aliphatic rings. The number of carbonyl (C=O) groups excluding carboxylic acids is 1. The van der Waals surface area contributed by atoms with Crippen LogP contribution in [0.2, 0.25) is 0 Å². The molecule has 0 saturated carbocycles. The summed E-state index contributed by atoms with van der Waals surface area (Å²) in [6.45, 7) is 8.64. The molecule has 0 radical (unpaired) electrons. The van der Waals surface area contributed by atoms with Crippen molar-refractivity contribution in [3.8, 4) is 0 Å². The van der Waals surface area contributed by atoms with Gasteiger partial charge >= 0.3 is 6.09 Å². The summed E-state index contributed by atoms with van der Waals surface area (Å²) in [4.78, 5) is 19.1. The molecule has 1 atom stereocenters. The molecule has 0 aliphatic carbocycles. The van der Waals surface area contributed by atoms with Gasteiger partial charge in [-0.3, -0.25) is 4.98 Å². The second-order valence-electron chi connectivity index (χ2n) is 6.74. The molecule has 0 aromatic carbocycles. The molecular formula is C16H26N2O3S. The molecule has 2 heterocycles. The first-order chi connectivity index (χ1) is 10.4. The first-order valence-electron chi connectivity index (χ1n) is 7.87. The number of likely N-dealkylation sites (tertiary alicyclic amines) is 1. The summed E-state index contributed by atoms with van der Waals surface area (Å²) >= 11 is 1.61. The zero-order valence-electron chi connectivity index (χ0n) is 13.7. The zero-order valence-corrected chi connectivity index (χ0v) is 14.5. The van der Waals surface area contributed by atoms with Crippen molar-refractivity contribution in [3.63, 3.8) is 0 Å². The van der Waals surface area contributed by atoms with Gasteiger partial charge in [0, 0.05) is 25.9 Å². The number of aromatic nitrogens is 1. The molecule has 0 N–H and O–H groups in total. The van der Waals surface area contributed by atoms with Crippen molar-refractivity contribution in [1.29, 1.82) is 0 Å². The van der Waals surface area contributed by atoms with E-state index in [1.54, 1.807) is 11.3 Å². The standard InChI is InChI=1S/C16H26N2O3S/c1-16(2,3)21-15(19)18-7-4-5-13(10-18)6-8-20-11-14-9-17-12-22-14/h9,12-13H,4-8,10-11H2,1-3H3. The largest absolute Gasteiger partial charge is 0.444 e. The van der Waals surface area contributed by atoms with Gasteiger partial charge in [0.25, 0.3) is 0 Å². The lowest BCUT2D eigenvalue weighted by atomic mass is 9.95. The van der Waals surface area contributed by atoms with Gasteiger partial charge in [-0.25, -0.2) is 4.79 Å². The molecule has 124 valence electrons. The molecule has 6 heteroatoms. The normalized spacial score (nSPS) is 19.2. The van der Waals surface area contributed by atoms with Gasteiger partial charge in [-0.05, 0) is 46.0 Å². The first kappa shape index (κ1) is 17.2. The Morgan fingerprint density at radius 3 is 3.00 bits per heavy atom. The van der Waals surface area contributed by atoms with E-state index in [4.69, 9.17) is 9.47 Å². The van der Waals surface area contributed by atoms with Crippen molar-refractivity contribution in [3.05, 3.63) is 16.6 Å². The Kier molecular flexibility index (Phi) is 6.20. The van der Waals surface area contributed by atoms with E-state index in [1.807, 2.05) is 37.4 Å². The third-order valence-corrected chi connectivity index (χ3v) is 4.32. The molecule has 1 unspecified atom stereocenters. The summed E-state index contributed by atoms with van der Waals surface area (Å²) in [7, 11) is 0. The summed E-state index contributed by atoms with van der Waals surface area (Å²) in [5.74, 6) is 0.503. The Labute approximate surface area is 136 Å². The first-order valence-corrected chi connectivity index (χ1v) is 8.75. The molecule has 22 heavy (non-hydrogen) atoms. The topological polar surface area (TPSA) is 51.7 Å². The van der Waals surface area contributed by atoms with Crippen LogP contribution in [0.4, 0.5) is 4.79 Å². The third-order valence-electron chi connectivity index (χ3n) is 3.57. The molecule has 1 amide bonds. The summed E-state index contributed by atoms with van der Waals surface area (Å²) < 4.78 is 11.1. The van der Waals surface area contributed by atoms with Crippen LogP contribution in [0.1, 0.15) is 44.9 Å². The molecule has 5 nitrogen and oxygen atoms in total. The van der Waals surface area contributed by atoms with Crippen LogP contribution in [0.5, 0.6) is 0 Å². The molecule has 1 saturated heterocycles. The van der Waals surface area contributed by atoms with Crippen LogP contribution in [0.15, 0.2) is 11.7 Å². The highest BCUT2D eigenvalue weighted by Crippen LogP contribution is 2.22. The third kappa shape index (κ3) is 5.93. The molecule has 0 spiro atoms. The lowest BCUT2D eigenvalue weighted by Crippen LogP contribution is -2.43. The number of amides is 1. The van der Waals surface area contributed by atoms with E-state index < -0.39 is 5.60 Å². The Morgan fingerprint density at radius 2 is 2.32 bits per heavy atom. The van der Waals surface area contributed by atoms with Crippen molar-refractivity contribution >= 4 is 17.4 Å². The number of nitrogens with zero attached hydrogens (tertiary/aromatic N) is 2. The van der Waals surface area contributed by atoms with Gasteiger partial charge < -0.3 is 14.4 Å². The lowest BCUT2D eigenvalue weighted by molar-refractivity contribution is 0.0136. The molecule has 1 aliphatic heterocycles. The fourth-order valence-corrected chi connectivity index (χ4v) is 3.06. The van der Waals surface area contributed by atoms with E-state index in [9.17, 15) is 4.79 Å². The quantitative estimate of drug-likeness (QED) is 0.774. The van der Waals surface area contributed by atoms with Gasteiger partial charge in [-0.1, -0.05) is 0 Å². The number of thiazole rings is 1. The monoisotopic (exact) mass is 326 g/mol. The van der Waals surface area contributed by atoms with Crippen molar-refractivity contribution in [2.24, 2.45) is 5.92 Å². The van der Waals surface area contributed by atoms with Gasteiger partial charge in [-0.2, -0.15) is 0 Å². The van der Waals surface area contributed by atoms with Gasteiger partial charge in [0.2, 0.25) is 0 Å². The van der Waals surface area contributed by atoms with E-state index in [2.05, 4.69) is 4.98 Å². The SMILES string of the molecule is CC(C)(C)OC(=O)N1CCCC(CCOCc2cncs2)C1. The highest BCUT2D eigenvalue weighted by Gasteiger charge is 2.27. The van der Waals surface area contributed by atoms with Crippen LogP contribution in [-0.2, 0) is 16.1 Å². The molecule has 0 bridgehead atoms. The summed E-state index contributed by atoms with van der Waals surface area (Å²) in [5.41, 5.74) is 1.39. The average molecular weight is 326 g/mol. The molecule has 1 aromatic rings. The molecule has 1 fully saturated rings. The molecule has 1 aromatic heterocycles. The number of hydrogen-bond donors (Lipinski definition) is 0. The van der Waals surface area contributed by atoms with E-state index >= 15 is 0 Å². The summed E-state index contributed by atoms with van der Waals surface area (Å²) in [5, 5.41) is 0. The number of ether oxygens (including phenoxy) is 2. The Bertz CT molecular complexity index is 456.